The minimum absolute atomic E-state index is 0.366. The first kappa shape index (κ1) is 29.7. The zero-order chi connectivity index (χ0) is 30.2. The third kappa shape index (κ3) is 7.48. The maximum absolute atomic E-state index is 11.3. The van der Waals surface area contributed by atoms with E-state index >= 15 is 0 Å². The molecule has 0 unspecified atom stereocenters. The first-order valence-electron chi connectivity index (χ1n) is 13.2. The van der Waals surface area contributed by atoms with Gasteiger partial charge in [0.25, 0.3) is 0 Å². The molecule has 0 amide bonds. The summed E-state index contributed by atoms with van der Waals surface area (Å²) in [6, 6.07) is 22.8. The van der Waals surface area contributed by atoms with Gasteiger partial charge in [-0.05, 0) is 108 Å². The number of esters is 2. The van der Waals surface area contributed by atoms with Crippen LogP contribution in [0, 0.1) is 13.8 Å². The van der Waals surface area contributed by atoms with Crippen molar-refractivity contribution in [2.75, 3.05) is 14.2 Å². The SMILES string of the molecule is COc1cc(C=Nc2ccc(-c3ccc(N=Cc4ccc(OC(C)=O)c(OC)c4)c(C)c3)cc2C)ccc1OC(C)=O. The molecule has 8 nitrogen and oxygen atoms in total. The van der Waals surface area contributed by atoms with Gasteiger partial charge in [-0.2, -0.15) is 0 Å². The summed E-state index contributed by atoms with van der Waals surface area (Å²) in [5, 5.41) is 0. The van der Waals surface area contributed by atoms with Crippen LogP contribution in [-0.4, -0.2) is 38.6 Å². The van der Waals surface area contributed by atoms with E-state index in [4.69, 9.17) is 18.9 Å². The molecular formula is C34H32N2O6. The van der Waals surface area contributed by atoms with Crippen molar-refractivity contribution in [3.05, 3.63) is 95.1 Å². The number of methoxy groups -OCH3 is 2. The second-order valence-electron chi connectivity index (χ2n) is 9.53. The van der Waals surface area contributed by atoms with E-state index in [1.807, 2.05) is 50.2 Å². The number of hydrogen-bond acceptors (Lipinski definition) is 8. The monoisotopic (exact) mass is 564 g/mol. The number of nitrogens with zero attached hydrogens (tertiary/aromatic N) is 2. The normalized spacial score (nSPS) is 11.1. The van der Waals surface area contributed by atoms with Crippen molar-refractivity contribution in [1.29, 1.82) is 0 Å². The van der Waals surface area contributed by atoms with Crippen LogP contribution in [0.25, 0.3) is 11.1 Å². The largest absolute Gasteiger partial charge is 0.493 e. The zero-order valence-electron chi connectivity index (χ0n) is 24.4. The minimum Gasteiger partial charge on any atom is -0.493 e. The van der Waals surface area contributed by atoms with E-state index < -0.39 is 11.9 Å². The van der Waals surface area contributed by atoms with Gasteiger partial charge >= 0.3 is 11.9 Å². The number of carbonyl (C=O) groups is 2. The van der Waals surface area contributed by atoms with E-state index in [0.29, 0.717) is 23.0 Å². The molecule has 0 aliphatic rings. The molecule has 42 heavy (non-hydrogen) atoms. The number of ether oxygens (including phenoxy) is 4. The van der Waals surface area contributed by atoms with Crippen molar-refractivity contribution in [3.63, 3.8) is 0 Å². The van der Waals surface area contributed by atoms with Crippen LogP contribution >= 0.6 is 0 Å². The molecule has 0 aliphatic heterocycles. The molecule has 0 saturated heterocycles. The number of hydrogen-bond donors (Lipinski definition) is 0. The van der Waals surface area contributed by atoms with Crippen molar-refractivity contribution < 1.29 is 28.5 Å². The second kappa shape index (κ2) is 13.4. The van der Waals surface area contributed by atoms with E-state index in [9.17, 15) is 9.59 Å². The van der Waals surface area contributed by atoms with Crippen LogP contribution < -0.4 is 18.9 Å². The topological polar surface area (TPSA) is 95.8 Å². The van der Waals surface area contributed by atoms with E-state index in [1.54, 1.807) is 36.7 Å². The van der Waals surface area contributed by atoms with Gasteiger partial charge in [0.2, 0.25) is 0 Å². The zero-order valence-corrected chi connectivity index (χ0v) is 24.4. The molecular weight excluding hydrogens is 532 g/mol. The Morgan fingerprint density at radius 1 is 0.571 bits per heavy atom. The number of carbonyl (C=O) groups excluding carboxylic acids is 2. The number of aryl methyl sites for hydroxylation is 2. The van der Waals surface area contributed by atoms with Crippen LogP contribution in [0.1, 0.15) is 36.1 Å². The molecule has 0 atom stereocenters. The van der Waals surface area contributed by atoms with E-state index in [0.717, 1.165) is 44.8 Å². The molecule has 0 bridgehead atoms. The first-order valence-corrected chi connectivity index (χ1v) is 13.2. The Hall–Kier alpha value is -5.24. The maximum atomic E-state index is 11.3. The first-order chi connectivity index (χ1) is 20.2. The highest BCUT2D eigenvalue weighted by Gasteiger charge is 2.09. The fourth-order valence-electron chi connectivity index (χ4n) is 4.26. The molecule has 214 valence electrons. The number of aliphatic imine (C=N–C) groups is 2. The van der Waals surface area contributed by atoms with Gasteiger partial charge in [0.15, 0.2) is 23.0 Å². The molecule has 0 spiro atoms. The Balaban J connectivity index is 1.49. The van der Waals surface area contributed by atoms with E-state index in [2.05, 4.69) is 22.1 Å². The Labute approximate surface area is 245 Å². The van der Waals surface area contributed by atoms with Gasteiger partial charge in [-0.1, -0.05) is 12.1 Å². The van der Waals surface area contributed by atoms with Crippen LogP contribution in [0.5, 0.6) is 23.0 Å². The van der Waals surface area contributed by atoms with Gasteiger partial charge in [0.1, 0.15) is 0 Å². The molecule has 8 heteroatoms. The lowest BCUT2D eigenvalue weighted by atomic mass is 10.00. The van der Waals surface area contributed by atoms with Gasteiger partial charge < -0.3 is 18.9 Å². The molecule has 0 aromatic heterocycles. The molecule has 0 fully saturated rings. The van der Waals surface area contributed by atoms with Crippen LogP contribution in [0.3, 0.4) is 0 Å². The predicted molar refractivity (Wildman–Crippen MR) is 164 cm³/mol. The Morgan fingerprint density at radius 2 is 0.976 bits per heavy atom. The summed E-state index contributed by atoms with van der Waals surface area (Å²) in [6.45, 7) is 6.74. The summed E-state index contributed by atoms with van der Waals surface area (Å²) in [4.78, 5) is 31.9. The molecule has 4 rings (SSSR count). The molecule has 0 aliphatic carbocycles. The third-order valence-corrected chi connectivity index (χ3v) is 6.32. The predicted octanol–water partition coefficient (Wildman–Crippen LogP) is 7.34. The van der Waals surface area contributed by atoms with E-state index in [1.165, 1.54) is 28.1 Å². The minimum atomic E-state index is -0.409. The van der Waals surface area contributed by atoms with Gasteiger partial charge in [-0.15, -0.1) is 0 Å². The standard InChI is InChI=1S/C34H32N2O6/c1-21-15-27(9-11-29(21)35-19-25-7-13-31(41-23(3)37)33(17-25)39-5)28-10-12-30(22(2)16-28)36-20-26-8-14-32(42-24(4)38)34(18-26)40-6/h7-20H,1-6H3. The smallest absolute Gasteiger partial charge is 0.308 e. The summed E-state index contributed by atoms with van der Waals surface area (Å²) < 4.78 is 21.0. The second-order valence-corrected chi connectivity index (χ2v) is 9.53. The third-order valence-electron chi connectivity index (χ3n) is 6.32. The lowest BCUT2D eigenvalue weighted by Crippen LogP contribution is -2.03. The lowest BCUT2D eigenvalue weighted by Gasteiger charge is -2.09. The molecule has 0 saturated carbocycles. The molecule has 0 N–H and O–H groups in total. The highest BCUT2D eigenvalue weighted by atomic mass is 16.6. The lowest BCUT2D eigenvalue weighted by molar-refractivity contribution is -0.132. The van der Waals surface area contributed by atoms with Gasteiger partial charge in [0.05, 0.1) is 25.6 Å². The summed E-state index contributed by atoms with van der Waals surface area (Å²) in [6.07, 6.45) is 3.50. The van der Waals surface area contributed by atoms with Crippen molar-refractivity contribution in [1.82, 2.24) is 0 Å². The van der Waals surface area contributed by atoms with Crippen LogP contribution in [0.4, 0.5) is 11.4 Å². The van der Waals surface area contributed by atoms with Crippen molar-refractivity contribution in [2.45, 2.75) is 27.7 Å². The van der Waals surface area contributed by atoms with Crippen molar-refractivity contribution in [2.24, 2.45) is 9.98 Å². The maximum Gasteiger partial charge on any atom is 0.308 e. The molecule has 4 aromatic rings. The van der Waals surface area contributed by atoms with Crippen molar-refractivity contribution >= 4 is 35.7 Å². The van der Waals surface area contributed by atoms with Crippen LogP contribution in [-0.2, 0) is 9.59 Å². The van der Waals surface area contributed by atoms with Crippen LogP contribution in [0.2, 0.25) is 0 Å². The average molecular weight is 565 g/mol. The van der Waals surface area contributed by atoms with Crippen molar-refractivity contribution in [3.8, 4) is 34.1 Å². The summed E-state index contributed by atoms with van der Waals surface area (Å²) in [7, 11) is 3.05. The highest BCUT2D eigenvalue weighted by Crippen LogP contribution is 2.32. The fraction of sp³-hybridized carbons (Fsp3) is 0.176. The van der Waals surface area contributed by atoms with E-state index in [-0.39, 0.29) is 0 Å². The highest BCUT2D eigenvalue weighted by molar-refractivity contribution is 5.85. The average Bonchev–Trinajstić information content (AvgIpc) is 2.96. The number of benzene rings is 4. The summed E-state index contributed by atoms with van der Waals surface area (Å²) in [5.74, 6) is 0.832. The molecule has 0 radical (unpaired) electrons. The Kier molecular flexibility index (Phi) is 9.50. The summed E-state index contributed by atoms with van der Waals surface area (Å²) in [5.41, 5.74) is 7.51. The fourth-order valence-corrected chi connectivity index (χ4v) is 4.26. The van der Waals surface area contributed by atoms with Gasteiger partial charge in [-0.25, -0.2) is 0 Å². The van der Waals surface area contributed by atoms with Crippen LogP contribution in [0.15, 0.2) is 82.8 Å². The number of rotatable bonds is 9. The molecule has 0 heterocycles. The quantitative estimate of drug-likeness (QED) is 0.120. The Morgan fingerprint density at radius 3 is 1.31 bits per heavy atom. The molecule has 4 aromatic carbocycles. The van der Waals surface area contributed by atoms with Gasteiger partial charge in [-0.3, -0.25) is 19.6 Å². The Bertz CT molecular complexity index is 1560. The summed E-state index contributed by atoms with van der Waals surface area (Å²) >= 11 is 0. The van der Waals surface area contributed by atoms with Gasteiger partial charge in [0, 0.05) is 26.3 Å².